The number of benzene rings is 2. The fourth-order valence-electron chi connectivity index (χ4n) is 2.69. The quantitative estimate of drug-likeness (QED) is 0.577. The number of nitrogens with one attached hydrogen (secondary N) is 1. The van der Waals surface area contributed by atoms with Gasteiger partial charge in [-0.15, -0.1) is 12.4 Å². The van der Waals surface area contributed by atoms with E-state index >= 15 is 0 Å². The van der Waals surface area contributed by atoms with Crippen LogP contribution >= 0.6 is 12.4 Å². The molecule has 0 aliphatic carbocycles. The fourth-order valence-corrected chi connectivity index (χ4v) is 2.69. The summed E-state index contributed by atoms with van der Waals surface area (Å²) in [6.45, 7) is 4.48. The van der Waals surface area contributed by atoms with Gasteiger partial charge in [-0.1, -0.05) is 48.5 Å². The fraction of sp³-hybridized carbons (Fsp3) is 0.227. The highest BCUT2D eigenvalue weighted by molar-refractivity contribution is 5.85. The maximum absolute atomic E-state index is 6.13. The summed E-state index contributed by atoms with van der Waals surface area (Å²) in [6, 6.07) is 22.1. The van der Waals surface area contributed by atoms with Crippen molar-refractivity contribution in [1.29, 1.82) is 0 Å². The van der Waals surface area contributed by atoms with Crippen molar-refractivity contribution in [2.45, 2.75) is 26.6 Å². The van der Waals surface area contributed by atoms with E-state index in [1.807, 2.05) is 55.5 Å². The highest BCUT2D eigenvalue weighted by Crippen LogP contribution is 2.32. The van der Waals surface area contributed by atoms with Crippen molar-refractivity contribution in [3.05, 3.63) is 89.7 Å². The summed E-state index contributed by atoms with van der Waals surface area (Å²) in [6.07, 6.45) is 1.81. The van der Waals surface area contributed by atoms with E-state index in [2.05, 4.69) is 28.5 Å². The Bertz CT molecular complexity index is 798. The summed E-state index contributed by atoms with van der Waals surface area (Å²) in [4.78, 5) is 4.34. The summed E-state index contributed by atoms with van der Waals surface area (Å²) >= 11 is 0. The Morgan fingerprint density at radius 2 is 1.67 bits per heavy atom. The Morgan fingerprint density at radius 1 is 0.852 bits per heavy atom. The summed E-state index contributed by atoms with van der Waals surface area (Å²) in [5.41, 5.74) is 3.22. The Morgan fingerprint density at radius 3 is 2.41 bits per heavy atom. The predicted octanol–water partition coefficient (Wildman–Crippen LogP) is 4.77. The highest BCUT2D eigenvalue weighted by Gasteiger charge is 2.11. The summed E-state index contributed by atoms with van der Waals surface area (Å²) in [7, 11) is 0. The first-order chi connectivity index (χ1) is 12.9. The van der Waals surface area contributed by atoms with Crippen molar-refractivity contribution >= 4 is 12.4 Å². The van der Waals surface area contributed by atoms with E-state index in [0.717, 1.165) is 28.3 Å². The first-order valence-electron chi connectivity index (χ1n) is 8.89. The lowest BCUT2D eigenvalue weighted by molar-refractivity contribution is 0.266. The summed E-state index contributed by atoms with van der Waals surface area (Å²) in [5.74, 6) is 1.58. The van der Waals surface area contributed by atoms with Crippen molar-refractivity contribution in [2.24, 2.45) is 0 Å². The first-order valence-corrected chi connectivity index (χ1v) is 8.89. The molecule has 142 valence electrons. The maximum Gasteiger partial charge on any atom is 0.166 e. The van der Waals surface area contributed by atoms with Crippen molar-refractivity contribution in [1.82, 2.24) is 10.3 Å². The number of hydrogen-bond donors (Lipinski definition) is 1. The zero-order chi connectivity index (χ0) is 18.0. The number of aromatic nitrogens is 1. The van der Waals surface area contributed by atoms with Crippen LogP contribution < -0.4 is 14.8 Å². The number of nitrogens with zero attached hydrogens (tertiary/aromatic N) is 1. The van der Waals surface area contributed by atoms with E-state index in [9.17, 15) is 0 Å². The molecule has 1 N–H and O–H groups in total. The Labute approximate surface area is 167 Å². The van der Waals surface area contributed by atoms with E-state index < -0.39 is 0 Å². The van der Waals surface area contributed by atoms with Gasteiger partial charge in [0.15, 0.2) is 11.5 Å². The average Bonchev–Trinajstić information content (AvgIpc) is 2.69. The van der Waals surface area contributed by atoms with E-state index in [-0.39, 0.29) is 12.4 Å². The highest BCUT2D eigenvalue weighted by atomic mass is 35.5. The molecular weight excluding hydrogens is 360 g/mol. The molecule has 0 unspecified atom stereocenters. The lowest BCUT2D eigenvalue weighted by Crippen LogP contribution is -2.15. The Balaban J connectivity index is 0.00000261. The summed E-state index contributed by atoms with van der Waals surface area (Å²) in [5, 5.41) is 3.43. The van der Waals surface area contributed by atoms with Crippen LogP contribution in [-0.4, -0.2) is 11.6 Å². The standard InChI is InChI=1S/C22H24N2O2.ClH/c1-2-25-21-13-8-11-19(15-23-16-20-12-6-7-14-24-20)22(21)26-17-18-9-4-3-5-10-18;/h3-14,23H,2,15-17H2,1H3;1H. The van der Waals surface area contributed by atoms with Crippen molar-refractivity contribution in [3.63, 3.8) is 0 Å². The zero-order valence-electron chi connectivity index (χ0n) is 15.4. The van der Waals surface area contributed by atoms with Crippen LogP contribution in [0.5, 0.6) is 11.5 Å². The van der Waals surface area contributed by atoms with Gasteiger partial charge in [-0.25, -0.2) is 0 Å². The molecule has 1 heterocycles. The van der Waals surface area contributed by atoms with Gasteiger partial charge >= 0.3 is 0 Å². The van der Waals surface area contributed by atoms with Crippen LogP contribution in [0, 0.1) is 0 Å². The van der Waals surface area contributed by atoms with Crippen LogP contribution in [0.1, 0.15) is 23.7 Å². The number of para-hydroxylation sites is 1. The molecule has 0 saturated heterocycles. The molecule has 2 aromatic carbocycles. The van der Waals surface area contributed by atoms with E-state index in [4.69, 9.17) is 9.47 Å². The third-order valence-electron chi connectivity index (χ3n) is 3.93. The predicted molar refractivity (Wildman–Crippen MR) is 110 cm³/mol. The van der Waals surface area contributed by atoms with E-state index in [1.165, 1.54) is 0 Å². The molecule has 27 heavy (non-hydrogen) atoms. The average molecular weight is 385 g/mol. The zero-order valence-corrected chi connectivity index (χ0v) is 16.2. The molecule has 3 aromatic rings. The maximum atomic E-state index is 6.13. The van der Waals surface area contributed by atoms with Crippen LogP contribution in [0.3, 0.4) is 0 Å². The number of halogens is 1. The van der Waals surface area contributed by atoms with Gasteiger partial charge in [-0.05, 0) is 30.7 Å². The first kappa shape index (κ1) is 20.7. The van der Waals surface area contributed by atoms with Crippen molar-refractivity contribution < 1.29 is 9.47 Å². The molecule has 1 aromatic heterocycles. The summed E-state index contributed by atoms with van der Waals surface area (Å²) < 4.78 is 11.9. The van der Waals surface area contributed by atoms with Gasteiger partial charge in [0.2, 0.25) is 0 Å². The molecular formula is C22H25ClN2O2. The van der Waals surface area contributed by atoms with E-state index in [0.29, 0.717) is 26.3 Å². The second-order valence-electron chi connectivity index (χ2n) is 5.88. The number of ether oxygens (including phenoxy) is 2. The van der Waals surface area contributed by atoms with Crippen LogP contribution in [0.2, 0.25) is 0 Å². The van der Waals surface area contributed by atoms with Gasteiger partial charge in [0.05, 0.1) is 12.3 Å². The smallest absolute Gasteiger partial charge is 0.166 e. The minimum Gasteiger partial charge on any atom is -0.490 e. The molecule has 0 saturated carbocycles. The second-order valence-corrected chi connectivity index (χ2v) is 5.88. The molecule has 0 bridgehead atoms. The van der Waals surface area contributed by atoms with E-state index in [1.54, 1.807) is 6.20 Å². The molecule has 0 aliphatic heterocycles. The monoisotopic (exact) mass is 384 g/mol. The molecule has 0 atom stereocenters. The van der Waals surface area contributed by atoms with Gasteiger partial charge in [0.1, 0.15) is 6.61 Å². The number of hydrogen-bond acceptors (Lipinski definition) is 4. The largest absolute Gasteiger partial charge is 0.490 e. The lowest BCUT2D eigenvalue weighted by Gasteiger charge is -2.16. The van der Waals surface area contributed by atoms with Crippen LogP contribution in [0.15, 0.2) is 72.9 Å². The molecule has 0 spiro atoms. The number of rotatable bonds is 9. The van der Waals surface area contributed by atoms with Crippen LogP contribution in [-0.2, 0) is 19.7 Å². The molecule has 0 fully saturated rings. The minimum absolute atomic E-state index is 0. The Hall–Kier alpha value is -2.56. The Kier molecular flexibility index (Phi) is 8.62. The molecule has 5 heteroatoms. The van der Waals surface area contributed by atoms with Gasteiger partial charge in [0, 0.05) is 24.8 Å². The lowest BCUT2D eigenvalue weighted by atomic mass is 10.1. The SMILES string of the molecule is CCOc1cccc(CNCc2ccccn2)c1OCc1ccccc1.Cl. The molecule has 0 aliphatic rings. The van der Waals surface area contributed by atoms with Gasteiger partial charge in [0.25, 0.3) is 0 Å². The van der Waals surface area contributed by atoms with Gasteiger partial charge < -0.3 is 14.8 Å². The second kappa shape index (κ2) is 11.2. The normalized spacial score (nSPS) is 10.1. The van der Waals surface area contributed by atoms with Crippen LogP contribution in [0.4, 0.5) is 0 Å². The topological polar surface area (TPSA) is 43.4 Å². The van der Waals surface area contributed by atoms with Gasteiger partial charge in [-0.3, -0.25) is 4.98 Å². The molecule has 4 nitrogen and oxygen atoms in total. The third-order valence-corrected chi connectivity index (χ3v) is 3.93. The molecule has 0 amide bonds. The molecule has 3 rings (SSSR count). The number of pyridine rings is 1. The van der Waals surface area contributed by atoms with Crippen LogP contribution in [0.25, 0.3) is 0 Å². The molecule has 0 radical (unpaired) electrons. The minimum atomic E-state index is 0. The van der Waals surface area contributed by atoms with Gasteiger partial charge in [-0.2, -0.15) is 0 Å². The van der Waals surface area contributed by atoms with Crippen molar-refractivity contribution in [2.75, 3.05) is 6.61 Å². The van der Waals surface area contributed by atoms with Crippen molar-refractivity contribution in [3.8, 4) is 11.5 Å². The third kappa shape index (κ3) is 6.27.